The van der Waals surface area contributed by atoms with Crippen LogP contribution in [0.15, 0.2) is 35.2 Å². The number of amides is 2. The summed E-state index contributed by atoms with van der Waals surface area (Å²) in [5, 5.41) is 14.1. The molecule has 8 heteroatoms. The number of carbonyl (C=O) groups is 3. The van der Waals surface area contributed by atoms with E-state index in [2.05, 4.69) is 10.6 Å². The van der Waals surface area contributed by atoms with Crippen molar-refractivity contribution in [1.29, 1.82) is 0 Å². The SMILES string of the molecule is O=C1CC[C@H](C(=O)N[C@@H](CC[S@@](=O)c2ccccc2)C(=O)O)N1. The minimum atomic E-state index is -1.33. The first kappa shape index (κ1) is 17.1. The van der Waals surface area contributed by atoms with Crippen LogP contribution in [0.25, 0.3) is 0 Å². The van der Waals surface area contributed by atoms with Gasteiger partial charge in [-0.05, 0) is 25.0 Å². The molecule has 0 aromatic heterocycles. The monoisotopic (exact) mass is 338 g/mol. The highest BCUT2D eigenvalue weighted by Gasteiger charge is 2.30. The third-order valence-electron chi connectivity index (χ3n) is 3.52. The van der Waals surface area contributed by atoms with Gasteiger partial charge in [-0.25, -0.2) is 4.79 Å². The molecule has 1 aliphatic rings. The summed E-state index contributed by atoms with van der Waals surface area (Å²) >= 11 is 0. The van der Waals surface area contributed by atoms with Crippen molar-refractivity contribution in [2.45, 2.75) is 36.2 Å². The molecular formula is C15H18N2O5S. The van der Waals surface area contributed by atoms with Gasteiger partial charge in [0.15, 0.2) is 0 Å². The van der Waals surface area contributed by atoms with Crippen LogP contribution in [-0.4, -0.2) is 44.9 Å². The Morgan fingerprint density at radius 3 is 2.61 bits per heavy atom. The molecule has 3 N–H and O–H groups in total. The predicted molar refractivity (Wildman–Crippen MR) is 83.1 cm³/mol. The maximum Gasteiger partial charge on any atom is 0.326 e. The van der Waals surface area contributed by atoms with Gasteiger partial charge in [0.05, 0.1) is 10.8 Å². The van der Waals surface area contributed by atoms with E-state index < -0.39 is 34.8 Å². The molecule has 0 radical (unpaired) electrons. The fourth-order valence-electron chi connectivity index (χ4n) is 2.26. The van der Waals surface area contributed by atoms with E-state index in [0.717, 1.165) is 0 Å². The van der Waals surface area contributed by atoms with Gasteiger partial charge >= 0.3 is 5.97 Å². The molecule has 1 aliphatic heterocycles. The van der Waals surface area contributed by atoms with E-state index in [9.17, 15) is 23.7 Å². The van der Waals surface area contributed by atoms with Crippen LogP contribution in [-0.2, 0) is 25.2 Å². The summed E-state index contributed by atoms with van der Waals surface area (Å²) in [6.45, 7) is 0. The van der Waals surface area contributed by atoms with Crippen molar-refractivity contribution in [2.24, 2.45) is 0 Å². The number of aliphatic carboxylic acids is 1. The molecule has 1 fully saturated rings. The van der Waals surface area contributed by atoms with Crippen LogP contribution in [0, 0.1) is 0 Å². The third kappa shape index (κ3) is 4.88. The Morgan fingerprint density at radius 2 is 2.04 bits per heavy atom. The molecule has 1 aromatic rings. The Labute approximate surface area is 135 Å². The maximum atomic E-state index is 12.1. The minimum absolute atomic E-state index is 0.0449. The summed E-state index contributed by atoms with van der Waals surface area (Å²) in [6.07, 6.45) is 0.657. The number of carbonyl (C=O) groups excluding carboxylic acids is 2. The lowest BCUT2D eigenvalue weighted by Crippen LogP contribution is -2.49. The Morgan fingerprint density at radius 1 is 1.35 bits per heavy atom. The molecule has 0 spiro atoms. The van der Waals surface area contributed by atoms with Crippen molar-refractivity contribution in [3.05, 3.63) is 30.3 Å². The molecule has 0 saturated carbocycles. The lowest BCUT2D eigenvalue weighted by Gasteiger charge is -2.17. The van der Waals surface area contributed by atoms with Crippen molar-refractivity contribution < 1.29 is 23.7 Å². The zero-order chi connectivity index (χ0) is 16.8. The third-order valence-corrected chi connectivity index (χ3v) is 4.93. The summed E-state index contributed by atoms with van der Waals surface area (Å²) in [6, 6.07) is 6.91. The van der Waals surface area contributed by atoms with E-state index >= 15 is 0 Å². The fraction of sp³-hybridized carbons (Fsp3) is 0.400. The topological polar surface area (TPSA) is 113 Å². The van der Waals surface area contributed by atoms with Crippen LogP contribution in [0.5, 0.6) is 0 Å². The van der Waals surface area contributed by atoms with E-state index in [1.165, 1.54) is 0 Å². The molecule has 0 unspecified atom stereocenters. The van der Waals surface area contributed by atoms with E-state index in [4.69, 9.17) is 0 Å². The second kappa shape index (κ2) is 7.87. The molecule has 1 saturated heterocycles. The molecule has 3 atom stereocenters. The number of carboxylic acid groups (broad SMARTS) is 1. The van der Waals surface area contributed by atoms with Gasteiger partial charge in [0.2, 0.25) is 11.8 Å². The summed E-state index contributed by atoms with van der Waals surface area (Å²) < 4.78 is 12.1. The molecule has 0 aliphatic carbocycles. The van der Waals surface area contributed by atoms with E-state index in [1.54, 1.807) is 30.3 Å². The van der Waals surface area contributed by atoms with Crippen LogP contribution < -0.4 is 10.6 Å². The van der Waals surface area contributed by atoms with Crippen molar-refractivity contribution in [2.75, 3.05) is 5.75 Å². The van der Waals surface area contributed by atoms with Gasteiger partial charge in [-0.1, -0.05) is 18.2 Å². The molecular weight excluding hydrogens is 320 g/mol. The van der Waals surface area contributed by atoms with Gasteiger partial charge in [0.1, 0.15) is 12.1 Å². The molecule has 23 heavy (non-hydrogen) atoms. The second-order valence-electron chi connectivity index (χ2n) is 5.21. The number of nitrogens with one attached hydrogen (secondary N) is 2. The molecule has 124 valence electrons. The quantitative estimate of drug-likeness (QED) is 0.649. The summed E-state index contributed by atoms with van der Waals surface area (Å²) in [4.78, 5) is 34.9. The highest BCUT2D eigenvalue weighted by Crippen LogP contribution is 2.10. The van der Waals surface area contributed by atoms with Gasteiger partial charge in [0, 0.05) is 17.1 Å². The lowest BCUT2D eigenvalue weighted by molar-refractivity contribution is -0.142. The maximum absolute atomic E-state index is 12.1. The zero-order valence-corrected chi connectivity index (χ0v) is 13.2. The predicted octanol–water partition coefficient (Wildman–Crippen LogP) is 0.0323. The van der Waals surface area contributed by atoms with E-state index in [0.29, 0.717) is 11.3 Å². The molecule has 0 bridgehead atoms. The highest BCUT2D eigenvalue weighted by atomic mass is 32.2. The Bertz CT molecular complexity index is 620. The molecule has 2 amide bonds. The van der Waals surface area contributed by atoms with Crippen molar-refractivity contribution in [3.8, 4) is 0 Å². The molecule has 7 nitrogen and oxygen atoms in total. The average Bonchev–Trinajstić information content (AvgIpc) is 2.98. The minimum Gasteiger partial charge on any atom is -0.480 e. The Kier molecular flexibility index (Phi) is 5.86. The largest absolute Gasteiger partial charge is 0.480 e. The van der Waals surface area contributed by atoms with Crippen molar-refractivity contribution in [1.82, 2.24) is 10.6 Å². The second-order valence-corrected chi connectivity index (χ2v) is 6.78. The highest BCUT2D eigenvalue weighted by molar-refractivity contribution is 7.85. The molecule has 1 aromatic carbocycles. The van der Waals surface area contributed by atoms with Gasteiger partial charge < -0.3 is 15.7 Å². The number of hydrogen-bond donors (Lipinski definition) is 3. The number of hydrogen-bond acceptors (Lipinski definition) is 4. The smallest absolute Gasteiger partial charge is 0.326 e. The fourth-order valence-corrected chi connectivity index (χ4v) is 3.40. The van der Waals surface area contributed by atoms with Crippen LogP contribution in [0.1, 0.15) is 19.3 Å². The summed E-state index contributed by atoms with van der Waals surface area (Å²) in [7, 11) is -1.33. The normalized spacial score (nSPS) is 19.7. The summed E-state index contributed by atoms with van der Waals surface area (Å²) in [5.41, 5.74) is 0. The number of rotatable bonds is 7. The van der Waals surface area contributed by atoms with Crippen LogP contribution in [0.4, 0.5) is 0 Å². The molecule has 2 rings (SSSR count). The standard InChI is InChI=1S/C15H18N2O5S/c18-13-7-6-11(16-13)14(19)17-12(15(20)21)8-9-23(22)10-4-2-1-3-5-10/h1-5,11-12H,6-9H2,(H,16,18)(H,17,19)(H,20,21)/t11-,12+,23-/m1/s1. The van der Waals surface area contributed by atoms with Crippen LogP contribution >= 0.6 is 0 Å². The van der Waals surface area contributed by atoms with Crippen molar-refractivity contribution in [3.63, 3.8) is 0 Å². The van der Waals surface area contributed by atoms with Gasteiger partial charge in [-0.3, -0.25) is 13.8 Å². The number of benzene rings is 1. The lowest BCUT2D eigenvalue weighted by atomic mass is 10.1. The van der Waals surface area contributed by atoms with E-state index in [-0.39, 0.29) is 24.5 Å². The van der Waals surface area contributed by atoms with Gasteiger partial charge in [0.25, 0.3) is 0 Å². The van der Waals surface area contributed by atoms with Gasteiger partial charge in [-0.15, -0.1) is 0 Å². The first-order chi connectivity index (χ1) is 11.0. The van der Waals surface area contributed by atoms with Crippen LogP contribution in [0.3, 0.4) is 0 Å². The van der Waals surface area contributed by atoms with Gasteiger partial charge in [-0.2, -0.15) is 0 Å². The Hall–Kier alpha value is -2.22. The average molecular weight is 338 g/mol. The van der Waals surface area contributed by atoms with Crippen LogP contribution in [0.2, 0.25) is 0 Å². The number of carboxylic acids is 1. The Balaban J connectivity index is 1.89. The van der Waals surface area contributed by atoms with Crippen molar-refractivity contribution >= 4 is 28.6 Å². The molecule has 1 heterocycles. The first-order valence-electron chi connectivity index (χ1n) is 7.23. The zero-order valence-electron chi connectivity index (χ0n) is 12.4. The first-order valence-corrected chi connectivity index (χ1v) is 8.55. The summed E-state index contributed by atoms with van der Waals surface area (Å²) in [5.74, 6) is -1.80. The van der Waals surface area contributed by atoms with E-state index in [1.807, 2.05) is 0 Å².